The SMILES string of the molecule is CC1(C)CCCC(N)(Cc2ccc3ccccc3n2)C1. The maximum absolute atomic E-state index is 6.67. The van der Waals surface area contributed by atoms with Crippen molar-refractivity contribution in [2.75, 3.05) is 0 Å². The van der Waals surface area contributed by atoms with Gasteiger partial charge >= 0.3 is 0 Å². The topological polar surface area (TPSA) is 38.9 Å². The number of nitrogens with zero attached hydrogens (tertiary/aromatic N) is 1. The van der Waals surface area contributed by atoms with E-state index >= 15 is 0 Å². The summed E-state index contributed by atoms with van der Waals surface area (Å²) in [6.45, 7) is 4.67. The molecule has 106 valence electrons. The van der Waals surface area contributed by atoms with Crippen molar-refractivity contribution in [2.24, 2.45) is 11.1 Å². The molecule has 0 saturated heterocycles. The van der Waals surface area contributed by atoms with E-state index in [0.29, 0.717) is 5.41 Å². The first kappa shape index (κ1) is 13.6. The number of hydrogen-bond donors (Lipinski definition) is 1. The minimum Gasteiger partial charge on any atom is -0.325 e. The fraction of sp³-hybridized carbons (Fsp3) is 0.500. The highest BCUT2D eigenvalue weighted by atomic mass is 14.8. The van der Waals surface area contributed by atoms with Crippen LogP contribution in [0.3, 0.4) is 0 Å². The molecule has 2 aromatic rings. The number of aromatic nitrogens is 1. The van der Waals surface area contributed by atoms with E-state index in [-0.39, 0.29) is 5.54 Å². The summed E-state index contributed by atoms with van der Waals surface area (Å²) in [5, 5.41) is 1.20. The van der Waals surface area contributed by atoms with Gasteiger partial charge in [0.25, 0.3) is 0 Å². The van der Waals surface area contributed by atoms with Crippen LogP contribution >= 0.6 is 0 Å². The van der Waals surface area contributed by atoms with Gasteiger partial charge in [0.2, 0.25) is 0 Å². The number of nitrogens with two attached hydrogens (primary N) is 1. The van der Waals surface area contributed by atoms with Gasteiger partial charge in [-0.25, -0.2) is 0 Å². The maximum Gasteiger partial charge on any atom is 0.0705 e. The van der Waals surface area contributed by atoms with Crippen LogP contribution in [0.4, 0.5) is 0 Å². The lowest BCUT2D eigenvalue weighted by atomic mass is 9.67. The third-order valence-corrected chi connectivity index (χ3v) is 4.55. The molecule has 1 aromatic carbocycles. The van der Waals surface area contributed by atoms with Crippen LogP contribution in [-0.2, 0) is 6.42 Å². The second-order valence-electron chi connectivity index (χ2n) is 7.23. The fourth-order valence-corrected chi connectivity index (χ4v) is 3.77. The van der Waals surface area contributed by atoms with Crippen molar-refractivity contribution in [3.63, 3.8) is 0 Å². The second kappa shape index (κ2) is 4.85. The first-order valence-electron chi connectivity index (χ1n) is 7.60. The summed E-state index contributed by atoms with van der Waals surface area (Å²) in [4.78, 5) is 4.78. The third kappa shape index (κ3) is 2.85. The van der Waals surface area contributed by atoms with Gasteiger partial charge in [-0.1, -0.05) is 44.5 Å². The highest BCUT2D eigenvalue weighted by Gasteiger charge is 2.37. The summed E-state index contributed by atoms with van der Waals surface area (Å²) in [6.07, 6.45) is 5.62. The molecule has 1 unspecified atom stereocenters. The number of fused-ring (bicyclic) bond motifs is 1. The Balaban J connectivity index is 1.85. The van der Waals surface area contributed by atoms with Crippen molar-refractivity contribution in [3.05, 3.63) is 42.1 Å². The Hall–Kier alpha value is -1.41. The van der Waals surface area contributed by atoms with Gasteiger partial charge in [-0.3, -0.25) is 4.98 Å². The summed E-state index contributed by atoms with van der Waals surface area (Å²) in [5.41, 5.74) is 9.15. The second-order valence-corrected chi connectivity index (χ2v) is 7.23. The summed E-state index contributed by atoms with van der Waals surface area (Å²) < 4.78 is 0. The van der Waals surface area contributed by atoms with Gasteiger partial charge in [-0.05, 0) is 36.8 Å². The van der Waals surface area contributed by atoms with Gasteiger partial charge < -0.3 is 5.73 Å². The molecule has 20 heavy (non-hydrogen) atoms. The van der Waals surface area contributed by atoms with Crippen LogP contribution < -0.4 is 5.73 Å². The number of para-hydroxylation sites is 1. The lowest BCUT2D eigenvalue weighted by molar-refractivity contribution is 0.150. The predicted octanol–water partition coefficient (Wildman–Crippen LogP) is 4.08. The Labute approximate surface area is 121 Å². The van der Waals surface area contributed by atoms with Crippen molar-refractivity contribution in [1.82, 2.24) is 4.98 Å². The Morgan fingerprint density at radius 2 is 1.90 bits per heavy atom. The molecule has 0 radical (unpaired) electrons. The number of rotatable bonds is 2. The lowest BCUT2D eigenvalue weighted by Crippen LogP contribution is -2.48. The third-order valence-electron chi connectivity index (χ3n) is 4.55. The van der Waals surface area contributed by atoms with Crippen molar-refractivity contribution in [1.29, 1.82) is 0 Å². The van der Waals surface area contributed by atoms with E-state index in [2.05, 4.69) is 44.2 Å². The Morgan fingerprint density at radius 1 is 1.10 bits per heavy atom. The van der Waals surface area contributed by atoms with Crippen molar-refractivity contribution >= 4 is 10.9 Å². The smallest absolute Gasteiger partial charge is 0.0705 e. The van der Waals surface area contributed by atoms with Crippen LogP contribution in [0.15, 0.2) is 36.4 Å². The zero-order chi connectivity index (χ0) is 14.2. The van der Waals surface area contributed by atoms with Crippen LogP contribution in [0.5, 0.6) is 0 Å². The number of hydrogen-bond acceptors (Lipinski definition) is 2. The summed E-state index contributed by atoms with van der Waals surface area (Å²) in [6, 6.07) is 12.6. The average Bonchev–Trinajstić information content (AvgIpc) is 2.36. The minimum absolute atomic E-state index is 0.0861. The van der Waals surface area contributed by atoms with E-state index in [4.69, 9.17) is 10.7 Å². The zero-order valence-corrected chi connectivity index (χ0v) is 12.5. The van der Waals surface area contributed by atoms with Crippen molar-refractivity contribution in [2.45, 2.75) is 51.5 Å². The largest absolute Gasteiger partial charge is 0.325 e. The molecule has 1 atom stereocenters. The summed E-state index contributed by atoms with van der Waals surface area (Å²) in [5.74, 6) is 0. The van der Waals surface area contributed by atoms with E-state index in [1.54, 1.807) is 0 Å². The van der Waals surface area contributed by atoms with Crippen LogP contribution in [-0.4, -0.2) is 10.5 Å². The molecule has 0 spiro atoms. The molecule has 1 saturated carbocycles. The first-order valence-corrected chi connectivity index (χ1v) is 7.60. The molecule has 1 aliphatic rings. The molecule has 1 aromatic heterocycles. The fourth-order valence-electron chi connectivity index (χ4n) is 3.77. The summed E-state index contributed by atoms with van der Waals surface area (Å²) >= 11 is 0. The van der Waals surface area contributed by atoms with Crippen LogP contribution in [0.1, 0.15) is 45.2 Å². The van der Waals surface area contributed by atoms with E-state index in [0.717, 1.165) is 30.5 Å². The Kier molecular flexibility index (Phi) is 3.29. The Bertz CT molecular complexity index is 618. The van der Waals surface area contributed by atoms with E-state index in [9.17, 15) is 0 Å². The normalized spacial score (nSPS) is 25.8. The molecule has 2 N–H and O–H groups in total. The lowest BCUT2D eigenvalue weighted by Gasteiger charge is -2.42. The van der Waals surface area contributed by atoms with Crippen LogP contribution in [0.2, 0.25) is 0 Å². The monoisotopic (exact) mass is 268 g/mol. The highest BCUT2D eigenvalue weighted by Crippen LogP contribution is 2.41. The maximum atomic E-state index is 6.67. The van der Waals surface area contributed by atoms with E-state index in [1.807, 2.05) is 6.07 Å². The van der Waals surface area contributed by atoms with Crippen LogP contribution in [0.25, 0.3) is 10.9 Å². The van der Waals surface area contributed by atoms with Gasteiger partial charge in [0.1, 0.15) is 0 Å². The van der Waals surface area contributed by atoms with Gasteiger partial charge in [-0.15, -0.1) is 0 Å². The van der Waals surface area contributed by atoms with Crippen molar-refractivity contribution in [3.8, 4) is 0 Å². The molecule has 0 aliphatic heterocycles. The molecule has 1 aliphatic carbocycles. The molecule has 2 heteroatoms. The standard InChI is InChI=1S/C18H24N2/c1-17(2)10-5-11-18(19,13-17)12-15-9-8-14-6-3-4-7-16(14)20-15/h3-4,6-9H,5,10-13,19H2,1-2H3. The van der Waals surface area contributed by atoms with Gasteiger partial charge in [0.05, 0.1) is 5.52 Å². The average molecular weight is 268 g/mol. The molecular formula is C18H24N2. The molecule has 2 nitrogen and oxygen atoms in total. The van der Waals surface area contributed by atoms with Gasteiger partial charge in [-0.2, -0.15) is 0 Å². The highest BCUT2D eigenvalue weighted by molar-refractivity contribution is 5.78. The molecule has 1 heterocycles. The quantitative estimate of drug-likeness (QED) is 0.891. The molecule has 0 amide bonds. The molecule has 1 fully saturated rings. The molecule has 3 rings (SSSR count). The van der Waals surface area contributed by atoms with Crippen molar-refractivity contribution < 1.29 is 0 Å². The number of benzene rings is 1. The van der Waals surface area contributed by atoms with E-state index in [1.165, 1.54) is 18.2 Å². The zero-order valence-electron chi connectivity index (χ0n) is 12.5. The minimum atomic E-state index is -0.0861. The molecule has 0 bridgehead atoms. The van der Waals surface area contributed by atoms with Gasteiger partial charge in [0, 0.05) is 23.0 Å². The van der Waals surface area contributed by atoms with Crippen LogP contribution in [0, 0.1) is 5.41 Å². The predicted molar refractivity (Wildman–Crippen MR) is 84.6 cm³/mol. The first-order chi connectivity index (χ1) is 9.46. The summed E-state index contributed by atoms with van der Waals surface area (Å²) in [7, 11) is 0. The Morgan fingerprint density at radius 3 is 2.70 bits per heavy atom. The number of pyridine rings is 1. The molecular weight excluding hydrogens is 244 g/mol. The van der Waals surface area contributed by atoms with E-state index < -0.39 is 0 Å². The van der Waals surface area contributed by atoms with Gasteiger partial charge in [0.15, 0.2) is 0 Å².